The van der Waals surface area contributed by atoms with Crippen LogP contribution in [0, 0.1) is 5.82 Å². The van der Waals surface area contributed by atoms with E-state index in [2.05, 4.69) is 5.32 Å². The Kier molecular flexibility index (Phi) is 5.42. The highest BCUT2D eigenvalue weighted by Crippen LogP contribution is 2.22. The molecule has 0 radical (unpaired) electrons. The summed E-state index contributed by atoms with van der Waals surface area (Å²) >= 11 is 0. The first-order valence-electron chi connectivity index (χ1n) is 6.04. The summed E-state index contributed by atoms with van der Waals surface area (Å²) in [5.41, 5.74) is 5.78. The lowest BCUT2D eigenvalue weighted by molar-refractivity contribution is -0.127. The van der Waals surface area contributed by atoms with Crippen LogP contribution in [0.1, 0.15) is 26.7 Å². The van der Waals surface area contributed by atoms with Gasteiger partial charge in [-0.25, -0.2) is 4.39 Å². The van der Waals surface area contributed by atoms with Gasteiger partial charge in [-0.15, -0.1) is 0 Å². The molecule has 0 spiro atoms. The standard InChI is InChI=1S/C13H19FN2O2/c1-3-4-7-16-13(17)9(2)18-12-6-5-10(14)8-11(12)15/h5-6,8-9H,3-4,7,15H2,1-2H3,(H,16,17). The molecule has 0 aliphatic rings. The van der Waals surface area contributed by atoms with Crippen LogP contribution in [0.2, 0.25) is 0 Å². The second-order valence-electron chi connectivity index (χ2n) is 4.09. The van der Waals surface area contributed by atoms with Gasteiger partial charge in [0, 0.05) is 12.6 Å². The first-order chi connectivity index (χ1) is 8.54. The van der Waals surface area contributed by atoms with Gasteiger partial charge in [0.25, 0.3) is 5.91 Å². The Morgan fingerprint density at radius 3 is 2.89 bits per heavy atom. The van der Waals surface area contributed by atoms with Crippen molar-refractivity contribution in [1.82, 2.24) is 5.32 Å². The molecule has 0 heterocycles. The van der Waals surface area contributed by atoms with Crippen molar-refractivity contribution in [2.45, 2.75) is 32.8 Å². The third-order valence-electron chi connectivity index (χ3n) is 2.47. The van der Waals surface area contributed by atoms with Crippen LogP contribution in [0.15, 0.2) is 18.2 Å². The van der Waals surface area contributed by atoms with Gasteiger partial charge in [0.2, 0.25) is 0 Å². The summed E-state index contributed by atoms with van der Waals surface area (Å²) in [6.45, 7) is 4.30. The minimum atomic E-state index is -0.658. The fourth-order valence-electron chi connectivity index (χ4n) is 1.40. The van der Waals surface area contributed by atoms with Gasteiger partial charge in [0.15, 0.2) is 6.10 Å². The van der Waals surface area contributed by atoms with Crippen molar-refractivity contribution < 1.29 is 13.9 Å². The Hall–Kier alpha value is -1.78. The van der Waals surface area contributed by atoms with Gasteiger partial charge < -0.3 is 15.8 Å². The fraction of sp³-hybridized carbons (Fsp3) is 0.462. The molecule has 1 atom stereocenters. The number of amides is 1. The molecule has 3 N–H and O–H groups in total. The average Bonchev–Trinajstić information content (AvgIpc) is 2.32. The number of halogens is 1. The molecule has 4 nitrogen and oxygen atoms in total. The van der Waals surface area contributed by atoms with E-state index in [1.807, 2.05) is 6.92 Å². The maximum Gasteiger partial charge on any atom is 0.260 e. The molecule has 5 heteroatoms. The summed E-state index contributed by atoms with van der Waals surface area (Å²) in [4.78, 5) is 11.6. The molecule has 0 aliphatic carbocycles. The Bertz CT molecular complexity index is 410. The van der Waals surface area contributed by atoms with Crippen molar-refractivity contribution in [2.24, 2.45) is 0 Å². The third kappa shape index (κ3) is 4.24. The van der Waals surface area contributed by atoms with Gasteiger partial charge in [-0.3, -0.25) is 4.79 Å². The molecule has 0 bridgehead atoms. The number of nitrogen functional groups attached to an aromatic ring is 1. The van der Waals surface area contributed by atoms with Crippen molar-refractivity contribution in [3.8, 4) is 5.75 Å². The highest BCUT2D eigenvalue weighted by molar-refractivity contribution is 5.80. The predicted octanol–water partition coefficient (Wildman–Crippen LogP) is 2.09. The Balaban J connectivity index is 2.53. The first-order valence-corrected chi connectivity index (χ1v) is 6.04. The van der Waals surface area contributed by atoms with Gasteiger partial charge in [-0.2, -0.15) is 0 Å². The van der Waals surface area contributed by atoms with Gasteiger partial charge >= 0.3 is 0 Å². The molecule has 100 valence electrons. The van der Waals surface area contributed by atoms with E-state index in [4.69, 9.17) is 10.5 Å². The molecule has 0 aliphatic heterocycles. The highest BCUT2D eigenvalue weighted by atomic mass is 19.1. The number of anilines is 1. The van der Waals surface area contributed by atoms with Crippen LogP contribution >= 0.6 is 0 Å². The number of carbonyl (C=O) groups is 1. The summed E-state index contributed by atoms with van der Waals surface area (Å²) in [6, 6.07) is 3.82. The zero-order valence-corrected chi connectivity index (χ0v) is 10.7. The topological polar surface area (TPSA) is 64.3 Å². The van der Waals surface area contributed by atoms with Crippen molar-refractivity contribution in [3.63, 3.8) is 0 Å². The van der Waals surface area contributed by atoms with E-state index in [9.17, 15) is 9.18 Å². The average molecular weight is 254 g/mol. The van der Waals surface area contributed by atoms with E-state index < -0.39 is 11.9 Å². The van der Waals surface area contributed by atoms with E-state index in [0.717, 1.165) is 18.9 Å². The normalized spacial score (nSPS) is 11.9. The summed E-state index contributed by atoms with van der Waals surface area (Å²) < 4.78 is 18.2. The lowest BCUT2D eigenvalue weighted by atomic mass is 10.2. The third-order valence-corrected chi connectivity index (χ3v) is 2.47. The highest BCUT2D eigenvalue weighted by Gasteiger charge is 2.15. The summed E-state index contributed by atoms with van der Waals surface area (Å²) in [5.74, 6) is -0.318. The Morgan fingerprint density at radius 2 is 2.28 bits per heavy atom. The SMILES string of the molecule is CCCCNC(=O)C(C)Oc1ccc(F)cc1N. The predicted molar refractivity (Wildman–Crippen MR) is 68.8 cm³/mol. The van der Waals surface area contributed by atoms with E-state index in [-0.39, 0.29) is 11.6 Å². The van der Waals surface area contributed by atoms with E-state index in [1.54, 1.807) is 6.92 Å². The van der Waals surface area contributed by atoms with E-state index in [1.165, 1.54) is 12.1 Å². The van der Waals surface area contributed by atoms with Crippen LogP contribution in [0.5, 0.6) is 5.75 Å². The van der Waals surface area contributed by atoms with E-state index in [0.29, 0.717) is 12.3 Å². The molecule has 18 heavy (non-hydrogen) atoms. The van der Waals surface area contributed by atoms with Crippen molar-refractivity contribution in [3.05, 3.63) is 24.0 Å². The number of unbranched alkanes of at least 4 members (excludes halogenated alkanes) is 1. The van der Waals surface area contributed by atoms with Gasteiger partial charge in [-0.05, 0) is 25.5 Å². The van der Waals surface area contributed by atoms with Gasteiger partial charge in [0.1, 0.15) is 11.6 Å². The van der Waals surface area contributed by atoms with Crippen LogP contribution in [-0.4, -0.2) is 18.6 Å². The number of nitrogens with two attached hydrogens (primary N) is 1. The lowest BCUT2D eigenvalue weighted by Gasteiger charge is -2.15. The van der Waals surface area contributed by atoms with Crippen LogP contribution < -0.4 is 15.8 Å². The monoisotopic (exact) mass is 254 g/mol. The fourth-order valence-corrected chi connectivity index (χ4v) is 1.40. The minimum absolute atomic E-state index is 0.184. The number of nitrogens with one attached hydrogen (secondary N) is 1. The van der Waals surface area contributed by atoms with Crippen molar-refractivity contribution in [2.75, 3.05) is 12.3 Å². The number of rotatable bonds is 6. The van der Waals surface area contributed by atoms with Crippen LogP contribution in [-0.2, 0) is 4.79 Å². The molecule has 1 unspecified atom stereocenters. The molecule has 0 saturated heterocycles. The molecule has 1 aromatic rings. The minimum Gasteiger partial charge on any atom is -0.479 e. The Labute approximate surface area is 106 Å². The summed E-state index contributed by atoms with van der Waals surface area (Å²) in [6.07, 6.45) is 1.28. The molecule has 1 rings (SSSR count). The first kappa shape index (κ1) is 14.3. The molecule has 0 saturated carbocycles. The molecule has 1 amide bonds. The van der Waals surface area contributed by atoms with Gasteiger partial charge in [0.05, 0.1) is 5.69 Å². The zero-order valence-electron chi connectivity index (χ0n) is 10.7. The Morgan fingerprint density at radius 1 is 1.56 bits per heavy atom. The number of hydrogen-bond donors (Lipinski definition) is 2. The smallest absolute Gasteiger partial charge is 0.260 e. The summed E-state index contributed by atoms with van der Waals surface area (Å²) in [7, 11) is 0. The quantitative estimate of drug-likeness (QED) is 0.603. The summed E-state index contributed by atoms with van der Waals surface area (Å²) in [5, 5.41) is 2.76. The van der Waals surface area contributed by atoms with Gasteiger partial charge in [-0.1, -0.05) is 13.3 Å². The number of benzene rings is 1. The molecule has 1 aromatic carbocycles. The maximum atomic E-state index is 12.8. The molecular formula is C13H19FN2O2. The lowest BCUT2D eigenvalue weighted by Crippen LogP contribution is -2.36. The second-order valence-corrected chi connectivity index (χ2v) is 4.09. The van der Waals surface area contributed by atoms with Crippen LogP contribution in [0.25, 0.3) is 0 Å². The molecule has 0 aromatic heterocycles. The number of hydrogen-bond acceptors (Lipinski definition) is 3. The zero-order chi connectivity index (χ0) is 13.5. The number of ether oxygens (including phenoxy) is 1. The number of carbonyl (C=O) groups excluding carboxylic acids is 1. The largest absolute Gasteiger partial charge is 0.479 e. The van der Waals surface area contributed by atoms with Crippen molar-refractivity contribution >= 4 is 11.6 Å². The van der Waals surface area contributed by atoms with E-state index >= 15 is 0 Å². The second kappa shape index (κ2) is 6.83. The van der Waals surface area contributed by atoms with Crippen LogP contribution in [0.4, 0.5) is 10.1 Å². The molecular weight excluding hydrogens is 235 g/mol. The maximum absolute atomic E-state index is 12.8. The van der Waals surface area contributed by atoms with Crippen molar-refractivity contribution in [1.29, 1.82) is 0 Å². The van der Waals surface area contributed by atoms with Crippen LogP contribution in [0.3, 0.4) is 0 Å². The molecule has 0 fully saturated rings.